The summed E-state index contributed by atoms with van der Waals surface area (Å²) in [6.07, 6.45) is 2.26. The van der Waals surface area contributed by atoms with Crippen molar-refractivity contribution in [2.45, 2.75) is 20.3 Å². The Morgan fingerprint density at radius 1 is 1.19 bits per heavy atom. The molecule has 0 bridgehead atoms. The number of aromatic nitrogens is 2. The van der Waals surface area contributed by atoms with Crippen LogP contribution in [0.4, 0.5) is 5.69 Å². The zero-order chi connectivity index (χ0) is 19.0. The third-order valence-corrected chi connectivity index (χ3v) is 5.57. The first-order chi connectivity index (χ1) is 13.0. The lowest BCUT2D eigenvalue weighted by atomic mass is 10.1. The predicted octanol–water partition coefficient (Wildman–Crippen LogP) is 5.51. The minimum Gasteiger partial charge on any atom is -0.325 e. The molecule has 1 amide bonds. The summed E-state index contributed by atoms with van der Waals surface area (Å²) >= 11 is 7.57. The van der Waals surface area contributed by atoms with Crippen molar-refractivity contribution >= 4 is 39.5 Å². The second-order valence-corrected chi connectivity index (χ2v) is 7.83. The van der Waals surface area contributed by atoms with Gasteiger partial charge >= 0.3 is 0 Å². The number of hydrogen-bond donors (Lipinski definition) is 1. The molecule has 0 fully saturated rings. The highest BCUT2D eigenvalue weighted by Crippen LogP contribution is 2.25. The van der Waals surface area contributed by atoms with E-state index in [1.54, 1.807) is 6.07 Å². The SMILES string of the molecule is Cc1ccc(-c2cn3c(CC(=O)Nc4cc(Cl)ccc4C)csc3n2)cc1. The molecule has 4 nitrogen and oxygen atoms in total. The molecule has 0 saturated carbocycles. The van der Waals surface area contributed by atoms with E-state index in [9.17, 15) is 4.79 Å². The number of carbonyl (C=O) groups is 1. The van der Waals surface area contributed by atoms with E-state index < -0.39 is 0 Å². The van der Waals surface area contributed by atoms with Crippen LogP contribution >= 0.6 is 22.9 Å². The Labute approximate surface area is 166 Å². The molecule has 0 unspecified atom stereocenters. The smallest absolute Gasteiger partial charge is 0.230 e. The van der Waals surface area contributed by atoms with Crippen molar-refractivity contribution in [3.8, 4) is 11.3 Å². The molecule has 1 N–H and O–H groups in total. The summed E-state index contributed by atoms with van der Waals surface area (Å²) in [6, 6.07) is 13.8. The Kier molecular flexibility index (Phi) is 4.72. The number of fused-ring (bicyclic) bond motifs is 1. The summed E-state index contributed by atoms with van der Waals surface area (Å²) in [7, 11) is 0. The molecular formula is C21H18ClN3OS. The molecule has 0 spiro atoms. The number of thiazole rings is 1. The number of anilines is 1. The first-order valence-corrected chi connectivity index (χ1v) is 9.84. The van der Waals surface area contributed by atoms with Crippen molar-refractivity contribution in [2.75, 3.05) is 5.32 Å². The van der Waals surface area contributed by atoms with Crippen molar-refractivity contribution < 1.29 is 4.79 Å². The molecular weight excluding hydrogens is 378 g/mol. The Bertz CT molecular complexity index is 1130. The van der Waals surface area contributed by atoms with E-state index in [2.05, 4.69) is 41.5 Å². The van der Waals surface area contributed by atoms with Crippen molar-refractivity contribution in [3.05, 3.63) is 75.9 Å². The van der Waals surface area contributed by atoms with Crippen LogP contribution in [0.5, 0.6) is 0 Å². The molecule has 136 valence electrons. The number of nitrogens with one attached hydrogen (secondary N) is 1. The van der Waals surface area contributed by atoms with Gasteiger partial charge in [-0.1, -0.05) is 47.5 Å². The number of benzene rings is 2. The Morgan fingerprint density at radius 2 is 1.96 bits per heavy atom. The fourth-order valence-electron chi connectivity index (χ4n) is 2.91. The van der Waals surface area contributed by atoms with Crippen LogP contribution in [0.1, 0.15) is 16.8 Å². The highest BCUT2D eigenvalue weighted by molar-refractivity contribution is 7.15. The first kappa shape index (κ1) is 17.8. The van der Waals surface area contributed by atoms with Gasteiger partial charge in [0, 0.05) is 33.5 Å². The lowest BCUT2D eigenvalue weighted by Gasteiger charge is -2.08. The second kappa shape index (κ2) is 7.18. The molecule has 0 aliphatic rings. The maximum absolute atomic E-state index is 12.5. The van der Waals surface area contributed by atoms with E-state index >= 15 is 0 Å². The molecule has 2 heterocycles. The van der Waals surface area contributed by atoms with Crippen molar-refractivity contribution in [1.29, 1.82) is 0 Å². The summed E-state index contributed by atoms with van der Waals surface area (Å²) in [4.78, 5) is 18.1. The summed E-state index contributed by atoms with van der Waals surface area (Å²) in [5.41, 5.74) is 5.83. The normalized spacial score (nSPS) is 11.1. The summed E-state index contributed by atoms with van der Waals surface area (Å²) in [5.74, 6) is -0.0781. The van der Waals surface area contributed by atoms with Crippen molar-refractivity contribution in [2.24, 2.45) is 0 Å². The maximum Gasteiger partial charge on any atom is 0.230 e. The van der Waals surface area contributed by atoms with E-state index in [4.69, 9.17) is 11.6 Å². The summed E-state index contributed by atoms with van der Waals surface area (Å²) in [5, 5.41) is 5.53. The molecule has 4 aromatic rings. The zero-order valence-electron chi connectivity index (χ0n) is 15.0. The first-order valence-electron chi connectivity index (χ1n) is 8.58. The van der Waals surface area contributed by atoms with E-state index in [-0.39, 0.29) is 12.3 Å². The van der Waals surface area contributed by atoms with Gasteiger partial charge in [-0.05, 0) is 31.5 Å². The third kappa shape index (κ3) is 3.75. The van der Waals surface area contributed by atoms with Crippen molar-refractivity contribution in [3.63, 3.8) is 0 Å². The largest absolute Gasteiger partial charge is 0.325 e. The van der Waals surface area contributed by atoms with Crippen LogP contribution < -0.4 is 5.32 Å². The molecule has 4 rings (SSSR count). The van der Waals surface area contributed by atoms with Gasteiger partial charge in [0.25, 0.3) is 0 Å². The fourth-order valence-corrected chi connectivity index (χ4v) is 3.95. The quantitative estimate of drug-likeness (QED) is 0.495. The van der Waals surface area contributed by atoms with Gasteiger partial charge in [0.15, 0.2) is 4.96 Å². The zero-order valence-corrected chi connectivity index (χ0v) is 16.6. The van der Waals surface area contributed by atoms with Gasteiger partial charge in [-0.15, -0.1) is 11.3 Å². The molecule has 2 aromatic heterocycles. The van der Waals surface area contributed by atoms with Gasteiger partial charge in [-0.3, -0.25) is 9.20 Å². The van der Waals surface area contributed by atoms with Gasteiger partial charge in [0.1, 0.15) is 0 Å². The molecule has 0 saturated heterocycles. The molecule has 0 aliphatic carbocycles. The number of hydrogen-bond acceptors (Lipinski definition) is 3. The number of halogens is 1. The number of nitrogens with zero attached hydrogens (tertiary/aromatic N) is 2. The minimum atomic E-state index is -0.0781. The second-order valence-electron chi connectivity index (χ2n) is 6.56. The van der Waals surface area contributed by atoms with Crippen LogP contribution in [0.25, 0.3) is 16.2 Å². The molecule has 0 radical (unpaired) electrons. The number of amides is 1. The molecule has 0 aliphatic heterocycles. The predicted molar refractivity (Wildman–Crippen MR) is 112 cm³/mol. The highest BCUT2D eigenvalue weighted by Gasteiger charge is 2.13. The topological polar surface area (TPSA) is 46.4 Å². The van der Waals surface area contributed by atoms with Gasteiger partial charge < -0.3 is 5.32 Å². The lowest BCUT2D eigenvalue weighted by Crippen LogP contribution is -2.16. The van der Waals surface area contributed by atoms with Gasteiger partial charge in [-0.2, -0.15) is 0 Å². The summed E-state index contributed by atoms with van der Waals surface area (Å²) < 4.78 is 1.99. The molecule has 0 atom stereocenters. The average molecular weight is 396 g/mol. The molecule has 2 aromatic carbocycles. The van der Waals surface area contributed by atoms with E-state index in [0.717, 1.165) is 33.2 Å². The Hall–Kier alpha value is -2.63. The van der Waals surface area contributed by atoms with Crippen LogP contribution in [-0.4, -0.2) is 15.3 Å². The standard InChI is InChI=1S/C21H18ClN3OS/c1-13-3-6-15(7-4-13)19-11-25-17(12-27-21(25)24-19)10-20(26)23-18-9-16(22)8-5-14(18)2/h3-9,11-12H,10H2,1-2H3,(H,23,26). The Morgan fingerprint density at radius 3 is 2.74 bits per heavy atom. The van der Waals surface area contributed by atoms with Crippen LogP contribution in [0, 0.1) is 13.8 Å². The third-order valence-electron chi connectivity index (χ3n) is 4.45. The number of imidazole rings is 1. The average Bonchev–Trinajstić information content (AvgIpc) is 3.21. The number of rotatable bonds is 4. The Balaban J connectivity index is 1.56. The van der Waals surface area contributed by atoms with E-state index in [0.29, 0.717) is 5.02 Å². The van der Waals surface area contributed by atoms with E-state index in [1.807, 2.05) is 35.0 Å². The van der Waals surface area contributed by atoms with Crippen LogP contribution in [-0.2, 0) is 11.2 Å². The number of aryl methyl sites for hydroxylation is 2. The number of carbonyl (C=O) groups excluding carboxylic acids is 1. The summed E-state index contributed by atoms with van der Waals surface area (Å²) in [6.45, 7) is 4.01. The van der Waals surface area contributed by atoms with E-state index in [1.165, 1.54) is 16.9 Å². The van der Waals surface area contributed by atoms with Gasteiger partial charge in [0.05, 0.1) is 12.1 Å². The minimum absolute atomic E-state index is 0.0781. The monoisotopic (exact) mass is 395 g/mol. The fraction of sp³-hybridized carbons (Fsp3) is 0.143. The van der Waals surface area contributed by atoms with Crippen molar-refractivity contribution in [1.82, 2.24) is 9.38 Å². The maximum atomic E-state index is 12.5. The highest BCUT2D eigenvalue weighted by atomic mass is 35.5. The van der Waals surface area contributed by atoms with Crippen LogP contribution in [0.15, 0.2) is 54.0 Å². The molecule has 6 heteroatoms. The van der Waals surface area contributed by atoms with Gasteiger partial charge in [0.2, 0.25) is 5.91 Å². The lowest BCUT2D eigenvalue weighted by molar-refractivity contribution is -0.115. The van der Waals surface area contributed by atoms with Crippen LogP contribution in [0.3, 0.4) is 0 Å². The molecule has 27 heavy (non-hydrogen) atoms. The van der Waals surface area contributed by atoms with Crippen LogP contribution in [0.2, 0.25) is 5.02 Å². The van der Waals surface area contributed by atoms with Gasteiger partial charge in [-0.25, -0.2) is 4.98 Å².